The van der Waals surface area contributed by atoms with Crippen molar-refractivity contribution in [2.45, 2.75) is 166 Å². The minimum absolute atomic E-state index is 0. The molecule has 0 aromatic heterocycles. The summed E-state index contributed by atoms with van der Waals surface area (Å²) in [4.78, 5) is 16.7. The van der Waals surface area contributed by atoms with E-state index in [1.807, 2.05) is 75.4 Å². The van der Waals surface area contributed by atoms with Gasteiger partial charge in [-0.25, -0.2) is 4.39 Å². The molecule has 9 saturated heterocycles. The average molecular weight is 2380 g/mol. The van der Waals surface area contributed by atoms with Gasteiger partial charge in [0.25, 0.3) is 10.1 Å². The molecule has 142 heavy (non-hydrogen) atoms. The second-order valence-corrected chi connectivity index (χ2v) is 43.0. The van der Waals surface area contributed by atoms with Gasteiger partial charge in [0, 0.05) is 101 Å². The van der Waals surface area contributed by atoms with Crippen molar-refractivity contribution in [1.29, 1.82) is 0 Å². The van der Waals surface area contributed by atoms with Crippen LogP contribution in [0.25, 0.3) is 0 Å². The van der Waals surface area contributed by atoms with Crippen LogP contribution in [-0.2, 0) is 47.5 Å². The largest absolute Gasteiger partial charge is 0.484 e. The molecule has 9 aliphatic rings. The van der Waals surface area contributed by atoms with Crippen LogP contribution in [0.15, 0.2) is 155 Å². The van der Waals surface area contributed by atoms with E-state index in [0.717, 1.165) is 83.2 Å². The lowest BCUT2D eigenvalue weighted by atomic mass is 9.95. The van der Waals surface area contributed by atoms with Gasteiger partial charge in [0.2, 0.25) is 0 Å². The van der Waals surface area contributed by atoms with Gasteiger partial charge >= 0.3 is 0 Å². The molecule has 0 saturated carbocycles. The molecule has 818 valence electrons. The Labute approximate surface area is 933 Å². The molecule has 39 heteroatoms. The molecule has 11 atom stereocenters. The van der Waals surface area contributed by atoms with Crippen molar-refractivity contribution in [3.8, 4) is 40.2 Å². The number of hydrogen-bond donors (Lipinski definition) is 7. The van der Waals surface area contributed by atoms with Gasteiger partial charge in [-0.15, -0.1) is 0 Å². The molecular formula is C103H164Br2Cl8FN3O24S. The Balaban J connectivity index is -0.000000289. The van der Waals surface area contributed by atoms with Crippen molar-refractivity contribution in [1.82, 2.24) is 9.80 Å². The molecule has 0 aliphatic carbocycles. The fraction of sp³-hybridized carbons (Fsp3) is 0.524. The van der Waals surface area contributed by atoms with Crippen molar-refractivity contribution in [3.05, 3.63) is 234 Å². The maximum Gasteiger partial charge on any atom is 0.264 e. The van der Waals surface area contributed by atoms with Crippen LogP contribution in [0.4, 0.5) is 4.39 Å². The van der Waals surface area contributed by atoms with E-state index in [1.165, 1.54) is 37.8 Å². The van der Waals surface area contributed by atoms with Gasteiger partial charge in [0.1, 0.15) is 88.8 Å². The summed E-state index contributed by atoms with van der Waals surface area (Å²) in [6.07, 6.45) is 4.97. The van der Waals surface area contributed by atoms with Crippen molar-refractivity contribution in [2.24, 2.45) is 35.3 Å². The number of halogens is 11. The molecule has 9 fully saturated rings. The summed E-state index contributed by atoms with van der Waals surface area (Å²) in [6.45, 7) is 27.9. The van der Waals surface area contributed by atoms with Crippen LogP contribution in [0.5, 0.6) is 40.2 Å². The smallest absolute Gasteiger partial charge is 0.264 e. The van der Waals surface area contributed by atoms with Gasteiger partial charge in [0.15, 0.2) is 5.78 Å². The highest BCUT2D eigenvalue weighted by Crippen LogP contribution is 2.40. The van der Waals surface area contributed by atoms with Crippen LogP contribution >= 0.6 is 125 Å². The second-order valence-electron chi connectivity index (χ2n) is 36.2. The van der Waals surface area contributed by atoms with Crippen LogP contribution in [-0.4, -0.2) is 255 Å². The molecule has 0 bridgehead atoms. The van der Waals surface area contributed by atoms with E-state index in [9.17, 15) is 43.1 Å². The van der Waals surface area contributed by atoms with Crippen molar-refractivity contribution in [3.63, 3.8) is 0 Å². The number of ketones is 1. The molecular weight excluding hydrogens is 2160 g/mol. The van der Waals surface area contributed by atoms with Gasteiger partial charge in [-0.2, -0.15) is 8.42 Å². The number of benzene rings is 8. The zero-order chi connectivity index (χ0) is 127. The minimum Gasteiger partial charge on any atom is -0.484 e. The van der Waals surface area contributed by atoms with E-state index in [4.69, 9.17) is 210 Å². The number of rotatable bonds is 36. The first-order valence-corrected chi connectivity index (χ1v) is 53.9. The third-order valence-electron chi connectivity index (χ3n) is 24.3. The molecule has 17 rings (SSSR count). The number of carbonyl (C=O) groups excluding carboxylic acids is 1. The normalized spacial score (nSPS) is 19.6. The maximum absolute atomic E-state index is 12.3. The predicted octanol–water partition coefficient (Wildman–Crippen LogP) is 24.8. The summed E-state index contributed by atoms with van der Waals surface area (Å²) in [6, 6.07) is 41.5. The number of likely N-dealkylation sites (tertiary alicyclic amines) is 2. The molecule has 8 aromatic rings. The lowest BCUT2D eigenvalue weighted by molar-refractivity contribution is -0.0796. The highest BCUT2D eigenvalue weighted by atomic mass is 79.9. The number of aliphatic hydroxyl groups is 6. The van der Waals surface area contributed by atoms with Crippen molar-refractivity contribution < 1.29 is 162 Å². The zero-order valence-electron chi connectivity index (χ0n) is 105. The molecule has 9 aliphatic heterocycles. The first kappa shape index (κ1) is 101. The highest BCUT2D eigenvalue weighted by Gasteiger charge is 2.32. The molecule has 0 spiro atoms. The second kappa shape index (κ2) is 59.8. The van der Waals surface area contributed by atoms with Crippen molar-refractivity contribution in [2.75, 3.05) is 151 Å². The lowest BCUT2D eigenvalue weighted by Gasteiger charge is -2.28. The van der Waals surface area contributed by atoms with E-state index >= 15 is 0 Å². The van der Waals surface area contributed by atoms with Crippen LogP contribution < -0.4 is 38.9 Å². The fourth-order valence-electron chi connectivity index (χ4n) is 14.5. The molecule has 0 amide bonds. The van der Waals surface area contributed by atoms with E-state index < -0.39 is 46.6 Å². The fourth-order valence-corrected chi connectivity index (χ4v) is 17.8. The Morgan fingerprint density at radius 1 is 0.401 bits per heavy atom. The quantitative estimate of drug-likeness (QED) is 0.0109. The summed E-state index contributed by atoms with van der Waals surface area (Å²) in [5.74, 6) is 3.93. The van der Waals surface area contributed by atoms with Crippen molar-refractivity contribution >= 4 is 141 Å². The average Bonchev–Trinajstić information content (AvgIpc) is 1.82. The molecule has 8 N–H and O–H groups in total. The zero-order valence-corrected chi connectivity index (χ0v) is 90.7. The number of ether oxygens (including phenoxy) is 14. The van der Waals surface area contributed by atoms with E-state index in [-0.39, 0.29) is 109 Å². The first-order chi connectivity index (χ1) is 79.8. The molecule has 27 nitrogen and oxygen atoms in total. The lowest BCUT2D eigenvalue weighted by Crippen LogP contribution is -2.40. The van der Waals surface area contributed by atoms with Gasteiger partial charge in [-0.1, -0.05) is 210 Å². The summed E-state index contributed by atoms with van der Waals surface area (Å²) in [7, 11) is -3.53. The third kappa shape index (κ3) is 38.2. The Bertz CT molecular complexity index is 5280. The monoisotopic (exact) mass is 2370 g/mol. The van der Waals surface area contributed by atoms with Crippen LogP contribution in [0.2, 0.25) is 40.2 Å². The molecule has 9 heterocycles. The summed E-state index contributed by atoms with van der Waals surface area (Å²) in [5, 5.41) is 64.0. The number of aliphatic hydroxyl groups excluding tert-OH is 6. The Morgan fingerprint density at radius 2 is 0.676 bits per heavy atom. The number of hydrogen-bond acceptors (Lipinski definition) is 27. The van der Waals surface area contributed by atoms with Crippen LogP contribution in [0, 0.1) is 35.4 Å². The van der Waals surface area contributed by atoms with Gasteiger partial charge in [-0.05, 0) is 213 Å². The Hall–Kier alpha value is -5.49. The summed E-state index contributed by atoms with van der Waals surface area (Å²) >= 11 is 54.9. The maximum atomic E-state index is 12.3. The highest BCUT2D eigenvalue weighted by molar-refractivity contribution is 9.10. The standard InChI is InChI=1S/C17H24ClNO3.C16H23ClN2O3.C14H19ClO6S.C14H19ClO3.C14H17ClO3.C13H17ClO4.C9H8BrClO2.C6H3BrClF.17H2/c1-12(9-19-6-2-3-7-19)17(20)13-4-5-16(15(18)8-13)22-14-10-21-11-14;17-13-7-11(3-4-15(13)22-12-9-21-10-12)16(20)14(18)8-19-5-1-2-6-19;1-9(6-20-22(2,17)18)14(16)10-3-4-13(12(15)5-10)21-11-7-19-8-11;2*1-3-9(2)14(16)10-4-5-13(12(15)6-10)18-11-7-17-8-11;1-8(5-15)13(16)9-2-3-12(11(14)4-9)18-10-6-17-7-10;10-6-1-2-9(8(11)3-6)13-7-4-12-5-7;7-4-1-2-6(9)5(8)3-4;;;;;;;;;;;;;;;;;/h4-5,8,12,14,17,20H,2-3,6-7,9-11H2,1H3;3-4,7,12,14,16,20H,1-2,5-6,8-10,18H2;3-5,9,11,14,16H,6-8H2,1-2H3;4-6,9,11,14,16H,3,7-8H2,1-2H3;4-6,9,11H,3,7-8H2,1-2H3;2-4,8,10,13,15-16H,5-7H2,1H3;1-3,7H,4-5H2;1-3H;17*1H/t12-,17?;14-,16?;2*9-,14?;9-;8-,13?;;;;;;;;;;;;;;;;;;;/m111111.................../s1/i;;;;;;;;12*1+2T;5*1+2. The van der Waals surface area contributed by atoms with Gasteiger partial charge in [0.05, 0.1) is 176 Å². The van der Waals surface area contributed by atoms with E-state index in [1.54, 1.807) is 92.7 Å². The Morgan fingerprint density at radius 3 is 0.951 bits per heavy atom. The van der Waals surface area contributed by atoms with Crippen LogP contribution in [0.3, 0.4) is 0 Å². The third-order valence-corrected chi connectivity index (χ3v) is 28.2. The molecule has 0 radical (unpaired) electrons. The number of Topliss-reactive ketones (excluding diaryl/α,β-unsaturated/α-hetero) is 1. The molecule has 8 aromatic carbocycles. The molecule has 5 unspecified atom stereocenters. The van der Waals surface area contributed by atoms with E-state index in [0.29, 0.717) is 185 Å². The topological polar surface area (TPSA) is 344 Å². The predicted molar refractivity (Wildman–Crippen MR) is 592 cm³/mol. The Kier molecular flexibility index (Phi) is 42.5. The summed E-state index contributed by atoms with van der Waals surface area (Å²) in [5.41, 5.74) is 10.5. The van der Waals surface area contributed by atoms with Gasteiger partial charge in [-0.3, -0.25) is 8.98 Å². The van der Waals surface area contributed by atoms with Crippen LogP contribution in [0.1, 0.15) is 198 Å². The minimum atomic E-state index is -3.53. The number of nitrogens with zero attached hydrogens (tertiary/aromatic N) is 2. The SMILES string of the molecule is CC[C@@H](C)C(=O)c1ccc(OC2COC2)c(Cl)c1.CC[C@@H](C)C(O)c1ccc(OC2COC2)c(Cl)c1.C[C@H](CN1CCCC1)C(O)c1ccc(OC2COC2)c(Cl)c1.C[C@H](CO)C(O)c1ccc(OC2COC2)c(Cl)c1.C[C@H](COS(C)(=O)=O)C(O)c1ccc(OC2COC2)c(Cl)c1.Clc1cc(Br)ccc1OC1COC1.Fc1ccc(Br)cc1Cl.N[C@H](CN1CCCC1)C(O)c1ccc(OC2COC2)c(Cl)c1.[3HH].[3HH].[3HH].[3HH].[3HH].[3H][3H].[3H][3H].[3H][3H].[3H][3H].[3H][3H].[3H][3H].[3H][3H].[3H][3H].[3H][3H].[3H][3H].[3H][3H].[3H][3H]. The number of carbonyl (C=O) groups is 1. The van der Waals surface area contributed by atoms with E-state index in [2.05, 4.69) is 55.5 Å². The number of nitrogens with two attached hydrogens (primary N) is 1. The van der Waals surface area contributed by atoms with Gasteiger partial charge < -0.3 is 112 Å². The summed E-state index contributed by atoms with van der Waals surface area (Å²) < 4.78 is 236. The first-order valence-electron chi connectivity index (χ1n) is 59.5.